The van der Waals surface area contributed by atoms with Crippen molar-refractivity contribution in [3.05, 3.63) is 11.8 Å². The smallest absolute Gasteiger partial charge is 0.229 e. The molecule has 0 radical (unpaired) electrons. The van der Waals surface area contributed by atoms with Crippen LogP contribution in [0.25, 0.3) is 11.0 Å². The van der Waals surface area contributed by atoms with Crippen molar-refractivity contribution in [3.8, 4) is 0 Å². The average molecular weight is 245 g/mol. The standard InChI is InChI=1S/C13H19N5/c1-9-8-10-11(14-9)15-13(16-12(10)17(2)3)18-6-4-5-7-18/h8H,4-7H2,1-3H3,(H,14,15,16). The lowest BCUT2D eigenvalue weighted by molar-refractivity contribution is 0.898. The summed E-state index contributed by atoms with van der Waals surface area (Å²) in [6.07, 6.45) is 2.48. The molecule has 0 amide bonds. The van der Waals surface area contributed by atoms with Crippen LogP contribution in [0, 0.1) is 6.92 Å². The van der Waals surface area contributed by atoms with E-state index in [0.29, 0.717) is 0 Å². The number of anilines is 2. The Morgan fingerprint density at radius 1 is 1.22 bits per heavy atom. The topological polar surface area (TPSA) is 48.1 Å². The third-order valence-corrected chi connectivity index (χ3v) is 3.40. The number of nitrogens with zero attached hydrogens (tertiary/aromatic N) is 4. The van der Waals surface area contributed by atoms with Gasteiger partial charge in [0.25, 0.3) is 0 Å². The molecule has 0 aliphatic carbocycles. The van der Waals surface area contributed by atoms with E-state index in [1.807, 2.05) is 14.1 Å². The van der Waals surface area contributed by atoms with Crippen LogP contribution in [0.3, 0.4) is 0 Å². The zero-order chi connectivity index (χ0) is 12.7. The number of fused-ring (bicyclic) bond motifs is 1. The van der Waals surface area contributed by atoms with Crippen molar-refractivity contribution in [2.75, 3.05) is 37.0 Å². The minimum Gasteiger partial charge on any atom is -0.362 e. The molecule has 3 heterocycles. The second-order valence-corrected chi connectivity index (χ2v) is 5.15. The van der Waals surface area contributed by atoms with Crippen LogP contribution in [-0.4, -0.2) is 42.1 Å². The molecule has 0 saturated carbocycles. The van der Waals surface area contributed by atoms with Gasteiger partial charge in [-0.1, -0.05) is 0 Å². The Balaban J connectivity index is 2.15. The van der Waals surface area contributed by atoms with E-state index in [1.165, 1.54) is 12.8 Å². The molecule has 3 rings (SSSR count). The first-order chi connectivity index (χ1) is 8.65. The minimum atomic E-state index is 0.852. The van der Waals surface area contributed by atoms with E-state index in [1.54, 1.807) is 0 Å². The molecule has 1 N–H and O–H groups in total. The Labute approximate surface area is 107 Å². The number of aryl methyl sites for hydroxylation is 1. The molecule has 1 aliphatic rings. The highest BCUT2D eigenvalue weighted by Gasteiger charge is 2.18. The number of nitrogens with one attached hydrogen (secondary N) is 1. The Hall–Kier alpha value is -1.78. The molecule has 5 nitrogen and oxygen atoms in total. The van der Waals surface area contributed by atoms with E-state index in [0.717, 1.165) is 41.6 Å². The average Bonchev–Trinajstić information content (AvgIpc) is 2.93. The van der Waals surface area contributed by atoms with Gasteiger partial charge in [0.15, 0.2) is 0 Å². The monoisotopic (exact) mass is 245 g/mol. The fourth-order valence-corrected chi connectivity index (χ4v) is 2.51. The summed E-state index contributed by atoms with van der Waals surface area (Å²) in [5, 5.41) is 1.10. The van der Waals surface area contributed by atoms with E-state index in [9.17, 15) is 0 Å². The maximum absolute atomic E-state index is 4.72. The highest BCUT2D eigenvalue weighted by molar-refractivity contribution is 5.89. The zero-order valence-electron chi connectivity index (χ0n) is 11.2. The second-order valence-electron chi connectivity index (χ2n) is 5.15. The predicted octanol–water partition coefficient (Wildman–Crippen LogP) is 1.93. The molecule has 0 unspecified atom stereocenters. The van der Waals surface area contributed by atoms with E-state index in [2.05, 4.69) is 32.8 Å². The number of aromatic amines is 1. The number of H-pyrrole nitrogens is 1. The third-order valence-electron chi connectivity index (χ3n) is 3.40. The van der Waals surface area contributed by atoms with Crippen molar-refractivity contribution < 1.29 is 0 Å². The lowest BCUT2D eigenvalue weighted by Crippen LogP contribution is -2.22. The highest BCUT2D eigenvalue weighted by Crippen LogP contribution is 2.27. The molecule has 5 heteroatoms. The lowest BCUT2D eigenvalue weighted by Gasteiger charge is -2.18. The summed E-state index contributed by atoms with van der Waals surface area (Å²) in [4.78, 5) is 17.0. The van der Waals surface area contributed by atoms with Gasteiger partial charge in [-0.3, -0.25) is 0 Å². The van der Waals surface area contributed by atoms with Crippen molar-refractivity contribution in [2.45, 2.75) is 19.8 Å². The van der Waals surface area contributed by atoms with Crippen molar-refractivity contribution in [1.29, 1.82) is 0 Å². The van der Waals surface area contributed by atoms with Crippen LogP contribution in [-0.2, 0) is 0 Å². The molecule has 2 aromatic rings. The summed E-state index contributed by atoms with van der Waals surface area (Å²) in [5.74, 6) is 1.84. The summed E-state index contributed by atoms with van der Waals surface area (Å²) >= 11 is 0. The summed E-state index contributed by atoms with van der Waals surface area (Å²) < 4.78 is 0. The number of hydrogen-bond donors (Lipinski definition) is 1. The van der Waals surface area contributed by atoms with Gasteiger partial charge in [-0.15, -0.1) is 0 Å². The van der Waals surface area contributed by atoms with E-state index >= 15 is 0 Å². The summed E-state index contributed by atoms with van der Waals surface area (Å²) in [7, 11) is 4.05. The fraction of sp³-hybridized carbons (Fsp3) is 0.538. The molecular weight excluding hydrogens is 226 g/mol. The Morgan fingerprint density at radius 3 is 2.61 bits per heavy atom. The number of rotatable bonds is 2. The van der Waals surface area contributed by atoms with Crippen LogP contribution in [0.15, 0.2) is 6.07 Å². The van der Waals surface area contributed by atoms with E-state index in [-0.39, 0.29) is 0 Å². The number of aromatic nitrogens is 3. The van der Waals surface area contributed by atoms with Crippen LogP contribution < -0.4 is 9.80 Å². The molecule has 1 saturated heterocycles. The molecule has 1 aliphatic heterocycles. The van der Waals surface area contributed by atoms with Crippen LogP contribution in [0.5, 0.6) is 0 Å². The van der Waals surface area contributed by atoms with Gasteiger partial charge in [0.1, 0.15) is 11.5 Å². The van der Waals surface area contributed by atoms with E-state index < -0.39 is 0 Å². The minimum absolute atomic E-state index is 0.852. The zero-order valence-corrected chi connectivity index (χ0v) is 11.2. The van der Waals surface area contributed by atoms with Crippen molar-refractivity contribution in [3.63, 3.8) is 0 Å². The first-order valence-electron chi connectivity index (χ1n) is 6.45. The molecule has 2 aromatic heterocycles. The molecule has 18 heavy (non-hydrogen) atoms. The van der Waals surface area contributed by atoms with Gasteiger partial charge in [0.2, 0.25) is 5.95 Å². The van der Waals surface area contributed by atoms with Gasteiger partial charge >= 0.3 is 0 Å². The largest absolute Gasteiger partial charge is 0.362 e. The molecule has 0 aromatic carbocycles. The van der Waals surface area contributed by atoms with Gasteiger partial charge in [-0.2, -0.15) is 9.97 Å². The van der Waals surface area contributed by atoms with Crippen molar-refractivity contribution in [2.24, 2.45) is 0 Å². The Kier molecular flexibility index (Phi) is 2.61. The van der Waals surface area contributed by atoms with Crippen LogP contribution in [0.4, 0.5) is 11.8 Å². The number of hydrogen-bond acceptors (Lipinski definition) is 4. The maximum atomic E-state index is 4.72. The highest BCUT2D eigenvalue weighted by atomic mass is 15.3. The van der Waals surface area contributed by atoms with Gasteiger partial charge in [0.05, 0.1) is 5.39 Å². The van der Waals surface area contributed by atoms with Crippen LogP contribution in [0.1, 0.15) is 18.5 Å². The Bertz CT molecular complexity index is 566. The summed E-state index contributed by atoms with van der Waals surface area (Å²) in [5.41, 5.74) is 2.06. The van der Waals surface area contributed by atoms with Crippen LogP contribution in [0.2, 0.25) is 0 Å². The summed E-state index contributed by atoms with van der Waals surface area (Å²) in [6, 6.07) is 2.11. The molecule has 0 spiro atoms. The third kappa shape index (κ3) is 1.79. The lowest BCUT2D eigenvalue weighted by atomic mass is 10.3. The molecule has 1 fully saturated rings. The quantitative estimate of drug-likeness (QED) is 0.878. The first-order valence-corrected chi connectivity index (χ1v) is 6.45. The van der Waals surface area contributed by atoms with Gasteiger partial charge in [0, 0.05) is 32.9 Å². The SMILES string of the molecule is Cc1cc2c(N(C)C)nc(N3CCCC3)nc2[nH]1. The van der Waals surface area contributed by atoms with Crippen LogP contribution >= 0.6 is 0 Å². The first kappa shape index (κ1) is 11.3. The van der Waals surface area contributed by atoms with Crippen molar-refractivity contribution in [1.82, 2.24) is 15.0 Å². The van der Waals surface area contributed by atoms with Gasteiger partial charge in [-0.05, 0) is 25.8 Å². The predicted molar refractivity (Wildman–Crippen MR) is 74.4 cm³/mol. The molecule has 0 bridgehead atoms. The second kappa shape index (κ2) is 4.15. The van der Waals surface area contributed by atoms with E-state index in [4.69, 9.17) is 4.98 Å². The van der Waals surface area contributed by atoms with Gasteiger partial charge in [-0.25, -0.2) is 0 Å². The van der Waals surface area contributed by atoms with Gasteiger partial charge < -0.3 is 14.8 Å². The molecule has 0 atom stereocenters. The normalized spacial score (nSPS) is 15.6. The maximum Gasteiger partial charge on any atom is 0.229 e. The Morgan fingerprint density at radius 2 is 1.94 bits per heavy atom. The molecular formula is C13H19N5. The fourth-order valence-electron chi connectivity index (χ4n) is 2.51. The summed E-state index contributed by atoms with van der Waals surface area (Å²) in [6.45, 7) is 4.19. The molecule has 96 valence electrons. The van der Waals surface area contributed by atoms with Crippen molar-refractivity contribution >= 4 is 22.8 Å².